The number of benzene rings is 1. The number of Topliss-reactive ketones (excluding diaryl/α,β-unsaturated/α-hetero) is 1. The van der Waals surface area contributed by atoms with Gasteiger partial charge in [-0.15, -0.1) is 12.4 Å². The van der Waals surface area contributed by atoms with Crippen molar-refractivity contribution in [1.29, 1.82) is 0 Å². The highest BCUT2D eigenvalue weighted by molar-refractivity contribution is 7.90. The first-order valence-corrected chi connectivity index (χ1v) is 7.18. The summed E-state index contributed by atoms with van der Waals surface area (Å²) in [6.45, 7) is 0.687. The maximum atomic E-state index is 11.7. The summed E-state index contributed by atoms with van der Waals surface area (Å²) in [5.74, 6) is 0.0266. The van der Waals surface area contributed by atoms with Crippen molar-refractivity contribution in [3.8, 4) is 0 Å². The Bertz CT molecular complexity index is 495. The zero-order valence-corrected chi connectivity index (χ0v) is 12.3. The number of carbonyl (C=O) groups is 1. The molecule has 18 heavy (non-hydrogen) atoms. The van der Waals surface area contributed by atoms with Crippen molar-refractivity contribution in [2.75, 3.05) is 26.9 Å². The summed E-state index contributed by atoms with van der Waals surface area (Å²) in [6.07, 6.45) is 1.58. The molecule has 0 saturated carbocycles. The highest BCUT2D eigenvalue weighted by Gasteiger charge is 2.09. The van der Waals surface area contributed by atoms with Gasteiger partial charge in [0.15, 0.2) is 15.6 Å². The maximum Gasteiger partial charge on any atom is 0.175 e. The summed E-state index contributed by atoms with van der Waals surface area (Å²) in [5.41, 5.74) is 0.555. The minimum absolute atomic E-state index is 0. The van der Waals surface area contributed by atoms with Gasteiger partial charge in [-0.25, -0.2) is 8.42 Å². The Labute approximate surface area is 114 Å². The van der Waals surface area contributed by atoms with E-state index in [1.54, 1.807) is 12.1 Å². The third kappa shape index (κ3) is 5.16. The summed E-state index contributed by atoms with van der Waals surface area (Å²) in [7, 11) is 0.615. The largest absolute Gasteiger partial charge is 0.309 e. The van der Waals surface area contributed by atoms with Crippen LogP contribution in [-0.2, 0) is 9.84 Å². The molecule has 0 saturated heterocycles. The molecule has 0 heterocycles. The van der Waals surface area contributed by atoms with Crippen LogP contribution in [0, 0.1) is 0 Å². The molecule has 0 atom stereocenters. The second-order valence-corrected chi connectivity index (χ2v) is 6.29. The molecular formula is C12H18ClNO3S. The Morgan fingerprint density at radius 3 is 2.06 bits per heavy atom. The third-order valence-corrected chi connectivity index (χ3v) is 3.52. The van der Waals surface area contributed by atoms with Crippen molar-refractivity contribution in [2.45, 2.75) is 11.3 Å². The van der Waals surface area contributed by atoms with E-state index in [2.05, 4.69) is 0 Å². The zero-order chi connectivity index (χ0) is 13.1. The molecule has 1 aromatic rings. The van der Waals surface area contributed by atoms with Crippen LogP contribution in [0.1, 0.15) is 16.8 Å². The second-order valence-electron chi connectivity index (χ2n) is 4.27. The molecule has 102 valence electrons. The smallest absolute Gasteiger partial charge is 0.175 e. The number of ketones is 1. The molecule has 0 spiro atoms. The van der Waals surface area contributed by atoms with E-state index in [0.29, 0.717) is 18.5 Å². The molecule has 4 nitrogen and oxygen atoms in total. The minimum atomic E-state index is -3.19. The summed E-state index contributed by atoms with van der Waals surface area (Å²) in [6, 6.07) is 6.07. The van der Waals surface area contributed by atoms with E-state index >= 15 is 0 Å². The minimum Gasteiger partial charge on any atom is -0.309 e. The number of hydrogen-bond donors (Lipinski definition) is 0. The van der Waals surface area contributed by atoms with Gasteiger partial charge in [-0.2, -0.15) is 0 Å². The van der Waals surface area contributed by atoms with Gasteiger partial charge in [0, 0.05) is 24.8 Å². The molecular weight excluding hydrogens is 274 g/mol. The number of sulfone groups is 1. The van der Waals surface area contributed by atoms with E-state index in [9.17, 15) is 13.2 Å². The number of carbonyl (C=O) groups excluding carboxylic acids is 1. The molecule has 0 aromatic heterocycles. The Hall–Kier alpha value is -0.910. The lowest BCUT2D eigenvalue weighted by molar-refractivity contribution is 0.0972. The quantitative estimate of drug-likeness (QED) is 0.774. The van der Waals surface area contributed by atoms with Gasteiger partial charge in [0.2, 0.25) is 0 Å². The van der Waals surface area contributed by atoms with Crippen LogP contribution >= 0.6 is 12.4 Å². The number of hydrogen-bond acceptors (Lipinski definition) is 4. The zero-order valence-electron chi connectivity index (χ0n) is 10.7. The normalized spacial score (nSPS) is 11.1. The first kappa shape index (κ1) is 17.1. The van der Waals surface area contributed by atoms with Crippen molar-refractivity contribution < 1.29 is 13.2 Å². The Balaban J connectivity index is 0.00000289. The third-order valence-electron chi connectivity index (χ3n) is 2.39. The average molecular weight is 292 g/mol. The fourth-order valence-corrected chi connectivity index (χ4v) is 1.99. The molecule has 0 bridgehead atoms. The lowest BCUT2D eigenvalue weighted by Crippen LogP contribution is -2.16. The van der Waals surface area contributed by atoms with Gasteiger partial charge < -0.3 is 4.90 Å². The Kier molecular flexibility index (Phi) is 6.52. The molecule has 0 aliphatic heterocycles. The van der Waals surface area contributed by atoms with Crippen LogP contribution < -0.4 is 0 Å². The number of rotatable bonds is 5. The lowest BCUT2D eigenvalue weighted by atomic mass is 10.1. The van der Waals surface area contributed by atoms with Crippen LogP contribution in [-0.4, -0.2) is 46.0 Å². The molecule has 0 amide bonds. The van der Waals surface area contributed by atoms with Gasteiger partial charge in [-0.05, 0) is 26.2 Å². The number of halogens is 1. The molecule has 1 aromatic carbocycles. The van der Waals surface area contributed by atoms with E-state index in [0.717, 1.165) is 6.26 Å². The summed E-state index contributed by atoms with van der Waals surface area (Å²) in [4.78, 5) is 13.9. The number of nitrogens with zero attached hydrogens (tertiary/aromatic N) is 1. The Morgan fingerprint density at radius 1 is 1.17 bits per heavy atom. The standard InChI is InChI=1S/C12H17NO3S.ClH/c1-13(2)9-8-12(14)10-4-6-11(7-5-10)17(3,15)16;/h4-7H,8-9H2,1-3H3;1H. The average Bonchev–Trinajstić information content (AvgIpc) is 2.25. The summed E-state index contributed by atoms with van der Waals surface area (Å²) >= 11 is 0. The van der Waals surface area contributed by atoms with Crippen LogP contribution in [0.15, 0.2) is 29.2 Å². The topological polar surface area (TPSA) is 54.5 Å². The molecule has 0 fully saturated rings. The SMILES string of the molecule is CN(C)CCC(=O)c1ccc(S(C)(=O)=O)cc1.Cl. The highest BCUT2D eigenvalue weighted by Crippen LogP contribution is 2.11. The van der Waals surface area contributed by atoms with Gasteiger partial charge in [0.1, 0.15) is 0 Å². The van der Waals surface area contributed by atoms with Crippen molar-refractivity contribution in [3.05, 3.63) is 29.8 Å². The first-order valence-electron chi connectivity index (χ1n) is 5.29. The fraction of sp³-hybridized carbons (Fsp3) is 0.417. The maximum absolute atomic E-state index is 11.7. The Morgan fingerprint density at radius 2 is 1.67 bits per heavy atom. The van der Waals surface area contributed by atoms with E-state index in [-0.39, 0.29) is 23.1 Å². The van der Waals surface area contributed by atoms with E-state index < -0.39 is 9.84 Å². The molecule has 0 aliphatic rings. The van der Waals surface area contributed by atoms with Crippen LogP contribution in [0.3, 0.4) is 0 Å². The predicted octanol–water partition coefficient (Wildman–Crippen LogP) is 1.65. The predicted molar refractivity (Wildman–Crippen MR) is 74.3 cm³/mol. The summed E-state index contributed by atoms with van der Waals surface area (Å²) < 4.78 is 22.5. The molecule has 0 unspecified atom stereocenters. The highest BCUT2D eigenvalue weighted by atomic mass is 35.5. The van der Waals surface area contributed by atoms with E-state index in [4.69, 9.17) is 0 Å². The van der Waals surface area contributed by atoms with Crippen molar-refractivity contribution >= 4 is 28.0 Å². The van der Waals surface area contributed by atoms with Crippen LogP contribution in [0.5, 0.6) is 0 Å². The monoisotopic (exact) mass is 291 g/mol. The van der Waals surface area contributed by atoms with Crippen molar-refractivity contribution in [1.82, 2.24) is 4.90 Å². The fourth-order valence-electron chi connectivity index (χ4n) is 1.36. The molecule has 0 radical (unpaired) electrons. The molecule has 0 aliphatic carbocycles. The molecule has 6 heteroatoms. The van der Waals surface area contributed by atoms with Gasteiger partial charge in [-0.1, -0.05) is 12.1 Å². The van der Waals surface area contributed by atoms with Crippen molar-refractivity contribution in [3.63, 3.8) is 0 Å². The van der Waals surface area contributed by atoms with E-state index in [1.165, 1.54) is 12.1 Å². The van der Waals surface area contributed by atoms with Crippen LogP contribution in [0.4, 0.5) is 0 Å². The molecule has 1 rings (SSSR count). The lowest BCUT2D eigenvalue weighted by Gasteiger charge is -2.08. The second kappa shape index (κ2) is 6.87. The molecule has 0 N–H and O–H groups in total. The van der Waals surface area contributed by atoms with Gasteiger partial charge in [-0.3, -0.25) is 4.79 Å². The first-order chi connectivity index (χ1) is 7.80. The van der Waals surface area contributed by atoms with Crippen LogP contribution in [0.2, 0.25) is 0 Å². The van der Waals surface area contributed by atoms with E-state index in [1.807, 2.05) is 19.0 Å². The van der Waals surface area contributed by atoms with Crippen LogP contribution in [0.25, 0.3) is 0 Å². The van der Waals surface area contributed by atoms with Gasteiger partial charge >= 0.3 is 0 Å². The van der Waals surface area contributed by atoms with Gasteiger partial charge in [0.25, 0.3) is 0 Å². The van der Waals surface area contributed by atoms with Crippen molar-refractivity contribution in [2.24, 2.45) is 0 Å². The van der Waals surface area contributed by atoms with Gasteiger partial charge in [0.05, 0.1) is 4.90 Å². The summed E-state index contributed by atoms with van der Waals surface area (Å²) in [5, 5.41) is 0.